The third-order valence-corrected chi connectivity index (χ3v) is 7.45. The van der Waals surface area contributed by atoms with Gasteiger partial charge in [0.1, 0.15) is 23.8 Å². The highest BCUT2D eigenvalue weighted by atomic mass is 19.1. The minimum Gasteiger partial charge on any atom is -0.634 e. The number of rotatable bonds is 12. The van der Waals surface area contributed by atoms with Gasteiger partial charge in [-0.1, -0.05) is 32.0 Å². The fourth-order valence-electron chi connectivity index (χ4n) is 5.88. The summed E-state index contributed by atoms with van der Waals surface area (Å²) in [5, 5.41) is 13.1. The van der Waals surface area contributed by atoms with E-state index in [0.717, 1.165) is 47.2 Å². The molecule has 1 aliphatic rings. The van der Waals surface area contributed by atoms with Gasteiger partial charge in [0.05, 0.1) is 24.1 Å². The van der Waals surface area contributed by atoms with Gasteiger partial charge in [-0.2, -0.15) is 0 Å². The highest BCUT2D eigenvalue weighted by Gasteiger charge is 2.48. The molecule has 7 nitrogen and oxygen atoms in total. The topological polar surface area (TPSA) is 91.7 Å². The lowest BCUT2D eigenvalue weighted by Gasteiger charge is -2.46. The number of fused-ring (bicyclic) bond motifs is 2. The standard InChI is InChI=1S/C29H38FN3O4/c1-20(2)28-23-12-11-22(30)18-21(23)13-14-29(28,37-27(34)19-36-3)15-17-33(35)16-7-6-10-26-31-24-8-4-5-9-25(24)32-26/h4-5,8-9,11-12,18,20,28,33H,6-7,10,13-17,19H2,1-3H3,(H,31,32)/t28-,29-/m0/s1. The van der Waals surface area contributed by atoms with Gasteiger partial charge in [0.2, 0.25) is 0 Å². The van der Waals surface area contributed by atoms with E-state index in [-0.39, 0.29) is 29.3 Å². The van der Waals surface area contributed by atoms with Crippen LogP contribution in [0.15, 0.2) is 42.5 Å². The van der Waals surface area contributed by atoms with E-state index in [1.165, 1.54) is 13.2 Å². The molecule has 1 aromatic heterocycles. The maximum Gasteiger partial charge on any atom is 0.332 e. The fraction of sp³-hybridized carbons (Fsp3) is 0.517. The van der Waals surface area contributed by atoms with Gasteiger partial charge in [-0.05, 0) is 67.0 Å². The first-order chi connectivity index (χ1) is 17.8. The summed E-state index contributed by atoms with van der Waals surface area (Å²) in [6.07, 6.45) is 4.05. The first-order valence-corrected chi connectivity index (χ1v) is 13.3. The number of hydrogen-bond acceptors (Lipinski definition) is 5. The Morgan fingerprint density at radius 3 is 2.81 bits per heavy atom. The second kappa shape index (κ2) is 12.2. The van der Waals surface area contributed by atoms with E-state index in [4.69, 9.17) is 9.47 Å². The molecule has 0 bridgehead atoms. The van der Waals surface area contributed by atoms with Crippen molar-refractivity contribution in [2.45, 2.75) is 63.9 Å². The number of nitrogens with zero attached hydrogens (tertiary/aromatic N) is 1. The van der Waals surface area contributed by atoms with E-state index in [2.05, 4.69) is 23.8 Å². The van der Waals surface area contributed by atoms with E-state index in [1.54, 1.807) is 6.07 Å². The highest BCUT2D eigenvalue weighted by molar-refractivity contribution is 5.74. The summed E-state index contributed by atoms with van der Waals surface area (Å²) in [5.41, 5.74) is 3.12. The number of carbonyl (C=O) groups excluding carboxylic acids is 1. The number of aromatic amines is 1. The Morgan fingerprint density at radius 1 is 1.24 bits per heavy atom. The summed E-state index contributed by atoms with van der Waals surface area (Å²) in [7, 11) is 1.46. The van der Waals surface area contributed by atoms with Crippen LogP contribution in [0.4, 0.5) is 4.39 Å². The van der Waals surface area contributed by atoms with Gasteiger partial charge in [0, 0.05) is 25.9 Å². The average Bonchev–Trinajstić information content (AvgIpc) is 3.28. The van der Waals surface area contributed by atoms with Crippen molar-refractivity contribution in [1.82, 2.24) is 9.97 Å². The lowest BCUT2D eigenvalue weighted by Crippen LogP contribution is -3.07. The molecule has 0 amide bonds. The summed E-state index contributed by atoms with van der Waals surface area (Å²) in [4.78, 5) is 20.5. The third kappa shape index (κ3) is 6.55. The van der Waals surface area contributed by atoms with Crippen molar-refractivity contribution in [3.8, 4) is 0 Å². The summed E-state index contributed by atoms with van der Waals surface area (Å²) < 4.78 is 25.1. The molecule has 0 spiro atoms. The molecular weight excluding hydrogens is 473 g/mol. The monoisotopic (exact) mass is 511 g/mol. The molecule has 8 heteroatoms. The van der Waals surface area contributed by atoms with Crippen molar-refractivity contribution in [2.75, 3.05) is 26.8 Å². The molecule has 1 unspecified atom stereocenters. The van der Waals surface area contributed by atoms with Gasteiger partial charge >= 0.3 is 5.97 Å². The van der Waals surface area contributed by atoms with Gasteiger partial charge in [0.15, 0.2) is 0 Å². The van der Waals surface area contributed by atoms with Crippen LogP contribution in [0.3, 0.4) is 0 Å². The predicted octanol–water partition coefficient (Wildman–Crippen LogP) is 4.11. The van der Waals surface area contributed by atoms with Crippen molar-refractivity contribution in [1.29, 1.82) is 0 Å². The molecule has 3 atom stereocenters. The number of unbranched alkanes of at least 4 members (excludes halogenated alkanes) is 1. The maximum absolute atomic E-state index is 13.9. The number of esters is 1. The predicted molar refractivity (Wildman–Crippen MR) is 141 cm³/mol. The number of imidazole rings is 1. The van der Waals surface area contributed by atoms with Crippen LogP contribution in [0.2, 0.25) is 0 Å². The largest absolute Gasteiger partial charge is 0.634 e. The second-order valence-electron chi connectivity index (χ2n) is 10.5. The molecule has 200 valence electrons. The van der Waals surface area contributed by atoms with Crippen LogP contribution in [-0.2, 0) is 27.1 Å². The van der Waals surface area contributed by atoms with Crippen molar-refractivity contribution < 1.29 is 23.7 Å². The number of para-hydroxylation sites is 2. The van der Waals surface area contributed by atoms with Gasteiger partial charge in [0.25, 0.3) is 0 Å². The van der Waals surface area contributed by atoms with Crippen LogP contribution < -0.4 is 5.06 Å². The number of carbonyl (C=O) groups is 1. The van der Waals surface area contributed by atoms with E-state index >= 15 is 0 Å². The lowest BCUT2D eigenvalue weighted by molar-refractivity contribution is -0.849. The zero-order valence-corrected chi connectivity index (χ0v) is 22.0. The quantitative estimate of drug-likeness (QED) is 0.217. The Balaban J connectivity index is 1.39. The summed E-state index contributed by atoms with van der Waals surface area (Å²) in [5.74, 6) is 0.256. The number of aryl methyl sites for hydroxylation is 2. The van der Waals surface area contributed by atoms with Crippen LogP contribution in [0.5, 0.6) is 0 Å². The average molecular weight is 512 g/mol. The molecule has 0 radical (unpaired) electrons. The Labute approximate surface area is 217 Å². The Kier molecular flexibility index (Phi) is 8.95. The summed E-state index contributed by atoms with van der Waals surface area (Å²) in [6, 6.07) is 12.8. The number of aromatic nitrogens is 2. The second-order valence-corrected chi connectivity index (χ2v) is 10.5. The summed E-state index contributed by atoms with van der Waals surface area (Å²) in [6.45, 7) is 4.85. The van der Waals surface area contributed by atoms with Crippen LogP contribution in [-0.4, -0.2) is 48.3 Å². The number of methoxy groups -OCH3 is 1. The Morgan fingerprint density at radius 2 is 2.05 bits per heavy atom. The van der Waals surface area contributed by atoms with Crippen LogP contribution in [0, 0.1) is 16.9 Å². The summed E-state index contributed by atoms with van der Waals surface area (Å²) >= 11 is 0. The molecule has 2 N–H and O–H groups in total. The number of hydrogen-bond donors (Lipinski definition) is 2. The lowest BCUT2D eigenvalue weighted by atomic mass is 9.65. The smallest absolute Gasteiger partial charge is 0.332 e. The number of halogens is 1. The first kappa shape index (κ1) is 27.2. The molecule has 3 aromatic rings. The van der Waals surface area contributed by atoms with E-state index in [0.29, 0.717) is 32.4 Å². The van der Waals surface area contributed by atoms with Crippen molar-refractivity contribution >= 4 is 17.0 Å². The Hall–Kier alpha value is -2.81. The first-order valence-electron chi connectivity index (χ1n) is 13.3. The Bertz CT molecular complexity index is 1160. The maximum atomic E-state index is 13.9. The van der Waals surface area contributed by atoms with Gasteiger partial charge in [-0.3, -0.25) is 0 Å². The fourth-order valence-corrected chi connectivity index (χ4v) is 5.88. The minimum absolute atomic E-state index is 0.126. The zero-order chi connectivity index (χ0) is 26.4. The van der Waals surface area contributed by atoms with Crippen LogP contribution in [0.25, 0.3) is 11.0 Å². The number of hydroxylamine groups is 2. The van der Waals surface area contributed by atoms with E-state index in [1.807, 2.05) is 30.3 Å². The zero-order valence-electron chi connectivity index (χ0n) is 22.0. The van der Waals surface area contributed by atoms with Gasteiger partial charge < -0.3 is 24.7 Å². The van der Waals surface area contributed by atoms with Gasteiger partial charge in [-0.15, -0.1) is 0 Å². The molecule has 4 rings (SSSR count). The highest BCUT2D eigenvalue weighted by Crippen LogP contribution is 2.47. The van der Waals surface area contributed by atoms with Gasteiger partial charge in [-0.25, -0.2) is 14.2 Å². The minimum atomic E-state index is -0.821. The van der Waals surface area contributed by atoms with Crippen LogP contribution >= 0.6 is 0 Å². The number of ether oxygens (including phenoxy) is 2. The normalized spacial score (nSPS) is 20.2. The number of benzene rings is 2. The van der Waals surface area contributed by atoms with Crippen molar-refractivity contribution in [3.63, 3.8) is 0 Å². The molecule has 37 heavy (non-hydrogen) atoms. The number of H-pyrrole nitrogens is 1. The molecule has 0 saturated heterocycles. The molecular formula is C29H38FN3O4. The van der Waals surface area contributed by atoms with Crippen molar-refractivity contribution in [3.05, 3.63) is 70.4 Å². The molecule has 1 heterocycles. The SMILES string of the molecule is COCC(=O)O[C@]1(CC[NH+]([O-])CCCCc2nc3ccccc3[nH]2)CCc2cc(F)ccc2[C@@H]1C(C)C. The van der Waals surface area contributed by atoms with Crippen LogP contribution in [0.1, 0.15) is 62.4 Å². The molecule has 2 aromatic carbocycles. The van der Waals surface area contributed by atoms with E-state index < -0.39 is 11.6 Å². The molecule has 0 saturated carbocycles. The molecule has 0 fully saturated rings. The number of nitrogens with one attached hydrogen (secondary N) is 2. The third-order valence-electron chi connectivity index (χ3n) is 7.45. The van der Waals surface area contributed by atoms with E-state index in [9.17, 15) is 14.4 Å². The van der Waals surface area contributed by atoms with Crippen molar-refractivity contribution in [2.24, 2.45) is 5.92 Å². The molecule has 1 aliphatic carbocycles. The number of quaternary nitrogens is 1. The molecule has 0 aliphatic heterocycles.